The summed E-state index contributed by atoms with van der Waals surface area (Å²) in [5, 5.41) is 10.7. The summed E-state index contributed by atoms with van der Waals surface area (Å²) < 4.78 is 9.35. The molecule has 0 aliphatic rings. The molecule has 33 heavy (non-hydrogen) atoms. The van der Waals surface area contributed by atoms with Crippen molar-refractivity contribution in [2.45, 2.75) is 0 Å². The van der Waals surface area contributed by atoms with E-state index in [9.17, 15) is 0 Å². The zero-order valence-corrected chi connectivity index (χ0v) is 21.3. The first-order chi connectivity index (χ1) is 16.0. The van der Waals surface area contributed by atoms with E-state index in [0.717, 1.165) is 16.9 Å². The highest BCUT2D eigenvalue weighted by Crippen LogP contribution is 2.39. The van der Waals surface area contributed by atoms with E-state index in [1.165, 1.54) is 0 Å². The lowest BCUT2D eigenvalue weighted by Gasteiger charge is -2.14. The SMILES string of the molecule is CN/C=C\C(N)=Nc1cc(Nc2cccc(-c3ncn(C)n3)c2OC)c2ncn(PI)c2n1. The second kappa shape index (κ2) is 10.1. The number of imidazole rings is 1. The molecular formula is C20H22IN10OP. The van der Waals surface area contributed by atoms with Gasteiger partial charge >= 0.3 is 0 Å². The largest absolute Gasteiger partial charge is 0.494 e. The van der Waals surface area contributed by atoms with Gasteiger partial charge in [0, 0.05) is 20.2 Å². The Balaban J connectivity index is 1.82. The van der Waals surface area contributed by atoms with Crippen LogP contribution in [-0.4, -0.2) is 49.1 Å². The van der Waals surface area contributed by atoms with Crippen LogP contribution in [0.2, 0.25) is 0 Å². The fourth-order valence-electron chi connectivity index (χ4n) is 3.17. The number of anilines is 2. The Bertz CT molecular complexity index is 1350. The number of nitrogens with two attached hydrogens (primary N) is 1. The summed E-state index contributed by atoms with van der Waals surface area (Å²) in [7, 11) is 5.23. The van der Waals surface area contributed by atoms with Crippen LogP contribution in [0.15, 0.2) is 54.2 Å². The molecule has 1 atom stereocenters. The zero-order chi connectivity index (χ0) is 23.4. The number of aromatic nitrogens is 6. The van der Waals surface area contributed by atoms with Crippen molar-refractivity contribution in [1.82, 2.24) is 34.4 Å². The second-order valence-corrected chi connectivity index (χ2v) is 8.91. The van der Waals surface area contributed by atoms with E-state index >= 15 is 0 Å². The van der Waals surface area contributed by atoms with Gasteiger partial charge in [-0.1, -0.05) is 6.07 Å². The first-order valence-corrected chi connectivity index (χ1v) is 13.8. The third-order valence-corrected chi connectivity index (χ3v) is 6.64. The molecule has 0 amide bonds. The quantitative estimate of drug-likeness (QED) is 0.126. The molecule has 0 aliphatic carbocycles. The van der Waals surface area contributed by atoms with Crippen molar-refractivity contribution in [2.24, 2.45) is 17.8 Å². The van der Waals surface area contributed by atoms with Crippen LogP contribution < -0.4 is 21.1 Å². The molecule has 4 N–H and O–H groups in total. The highest BCUT2D eigenvalue weighted by molar-refractivity contribution is 14.2. The lowest BCUT2D eigenvalue weighted by atomic mass is 10.1. The predicted molar refractivity (Wildman–Crippen MR) is 141 cm³/mol. The summed E-state index contributed by atoms with van der Waals surface area (Å²) >= 11 is 2.29. The number of rotatable bonds is 8. The maximum atomic E-state index is 6.02. The molecule has 13 heteroatoms. The van der Waals surface area contributed by atoms with Gasteiger partial charge in [0.15, 0.2) is 23.0 Å². The van der Waals surface area contributed by atoms with Crippen molar-refractivity contribution in [2.75, 3.05) is 19.5 Å². The molecule has 3 heterocycles. The summed E-state index contributed by atoms with van der Waals surface area (Å²) in [4.78, 5) is 18.0. The third-order valence-electron chi connectivity index (χ3n) is 4.58. The normalized spacial score (nSPS) is 12.3. The van der Waals surface area contributed by atoms with Gasteiger partial charge in [-0.25, -0.2) is 19.9 Å². The van der Waals surface area contributed by atoms with Crippen LogP contribution in [0.3, 0.4) is 0 Å². The Morgan fingerprint density at radius 3 is 2.82 bits per heavy atom. The molecule has 3 aromatic heterocycles. The molecule has 0 fully saturated rings. The zero-order valence-electron chi connectivity index (χ0n) is 18.1. The number of hydrogen-bond donors (Lipinski definition) is 3. The topological polar surface area (TPSA) is 133 Å². The Hall–Kier alpha value is -3.25. The summed E-state index contributed by atoms with van der Waals surface area (Å²) in [5.74, 6) is 1.97. The van der Waals surface area contributed by atoms with Crippen molar-refractivity contribution in [3.8, 4) is 17.1 Å². The number of aliphatic imine (C=N–C) groups is 1. The fraction of sp³-hybridized carbons (Fsp3) is 0.150. The molecule has 11 nitrogen and oxygen atoms in total. The fourth-order valence-corrected chi connectivity index (χ4v) is 4.57. The first-order valence-electron chi connectivity index (χ1n) is 9.76. The van der Waals surface area contributed by atoms with E-state index in [4.69, 9.17) is 10.5 Å². The number of hydrogen-bond acceptors (Lipinski definition) is 8. The van der Waals surface area contributed by atoms with Gasteiger partial charge < -0.3 is 21.1 Å². The summed E-state index contributed by atoms with van der Waals surface area (Å²) in [5.41, 5.74) is 9.67. The number of halogens is 1. The molecule has 0 bridgehead atoms. The summed E-state index contributed by atoms with van der Waals surface area (Å²) in [6, 6.07) is 7.56. The number of pyridine rings is 1. The second-order valence-electron chi connectivity index (χ2n) is 6.81. The van der Waals surface area contributed by atoms with Crippen molar-refractivity contribution in [3.63, 3.8) is 0 Å². The first kappa shape index (κ1) is 22.9. The Labute approximate surface area is 204 Å². The molecule has 4 aromatic rings. The third kappa shape index (κ3) is 4.91. The molecule has 1 aromatic carbocycles. The minimum atomic E-state index is 0.325. The van der Waals surface area contributed by atoms with Gasteiger partial charge in [-0.05, 0) is 46.4 Å². The molecule has 4 rings (SSSR count). The molecule has 0 saturated carbocycles. The number of fused-ring (bicyclic) bond motifs is 1. The van der Waals surface area contributed by atoms with E-state index in [1.807, 2.05) is 29.6 Å². The van der Waals surface area contributed by atoms with Crippen molar-refractivity contribution in [1.29, 1.82) is 0 Å². The maximum absolute atomic E-state index is 6.02. The number of para-hydroxylation sites is 1. The van der Waals surface area contributed by atoms with Crippen LogP contribution in [0.1, 0.15) is 0 Å². The van der Waals surface area contributed by atoms with Crippen LogP contribution in [0.4, 0.5) is 17.2 Å². The van der Waals surface area contributed by atoms with Crippen LogP contribution >= 0.6 is 28.4 Å². The van der Waals surface area contributed by atoms with Gasteiger partial charge in [-0.15, -0.1) is 0 Å². The van der Waals surface area contributed by atoms with E-state index in [2.05, 4.69) is 57.7 Å². The average Bonchev–Trinajstić information content (AvgIpc) is 3.43. The minimum Gasteiger partial charge on any atom is -0.494 e. The van der Waals surface area contributed by atoms with Crippen LogP contribution in [-0.2, 0) is 7.05 Å². The number of aryl methyl sites for hydroxylation is 1. The van der Waals surface area contributed by atoms with Crippen molar-refractivity contribution in [3.05, 3.63) is 49.2 Å². The number of nitrogens with one attached hydrogen (secondary N) is 2. The molecule has 0 spiro atoms. The van der Waals surface area contributed by atoms with Gasteiger partial charge in [-0.3, -0.25) is 9.02 Å². The van der Waals surface area contributed by atoms with Gasteiger partial charge in [0.2, 0.25) is 0 Å². The molecule has 170 valence electrons. The molecular weight excluding hydrogens is 554 g/mol. The number of amidine groups is 1. The smallest absolute Gasteiger partial charge is 0.184 e. The Morgan fingerprint density at radius 1 is 1.27 bits per heavy atom. The van der Waals surface area contributed by atoms with Gasteiger partial charge in [0.25, 0.3) is 0 Å². The van der Waals surface area contributed by atoms with E-state index in [1.54, 1.807) is 49.8 Å². The monoisotopic (exact) mass is 576 g/mol. The van der Waals surface area contributed by atoms with Crippen LogP contribution in [0.5, 0.6) is 5.75 Å². The highest BCUT2D eigenvalue weighted by Gasteiger charge is 2.17. The van der Waals surface area contributed by atoms with Crippen molar-refractivity contribution >= 4 is 62.6 Å². The molecule has 0 radical (unpaired) electrons. The minimum absolute atomic E-state index is 0.325. The van der Waals surface area contributed by atoms with Gasteiger partial charge in [-0.2, -0.15) is 5.10 Å². The highest BCUT2D eigenvalue weighted by atomic mass is 127. The molecule has 0 saturated heterocycles. The summed E-state index contributed by atoms with van der Waals surface area (Å²) in [6.07, 6.45) is 7.21. The maximum Gasteiger partial charge on any atom is 0.184 e. The lowest BCUT2D eigenvalue weighted by molar-refractivity contribution is 0.418. The van der Waals surface area contributed by atoms with Crippen molar-refractivity contribution < 1.29 is 4.74 Å². The Morgan fingerprint density at radius 2 is 2.12 bits per heavy atom. The van der Waals surface area contributed by atoms with E-state index < -0.39 is 0 Å². The van der Waals surface area contributed by atoms with Crippen LogP contribution in [0, 0.1) is 0 Å². The summed E-state index contributed by atoms with van der Waals surface area (Å²) in [6.45, 7) is 0. The number of nitrogens with zero attached hydrogens (tertiary/aromatic N) is 7. The average molecular weight is 576 g/mol. The molecule has 0 aliphatic heterocycles. The number of benzene rings is 1. The van der Waals surface area contributed by atoms with Gasteiger partial charge in [0.1, 0.15) is 24.0 Å². The lowest BCUT2D eigenvalue weighted by Crippen LogP contribution is -2.09. The Kier molecular flexibility index (Phi) is 7.04. The number of ether oxygens (including phenoxy) is 1. The van der Waals surface area contributed by atoms with E-state index in [-0.39, 0.29) is 0 Å². The van der Waals surface area contributed by atoms with Gasteiger partial charge in [0.05, 0.1) is 30.4 Å². The number of methoxy groups -OCH3 is 1. The molecule has 1 unspecified atom stereocenters. The standard InChI is InChI=1S/C20H22IN10OP/c1-23-8-7-15(22)27-16-9-14(17-20(28-16)31(33-21)11-24-17)26-13-6-4-5-12(18(13)32-3)19-25-10-30(2)29-19/h4-11,23,33H,1-3H3,(H3,22,26,27,28)/b8-7-. The van der Waals surface area contributed by atoms with Crippen LogP contribution in [0.25, 0.3) is 22.6 Å². The van der Waals surface area contributed by atoms with E-state index in [0.29, 0.717) is 40.8 Å². The predicted octanol–water partition coefficient (Wildman–Crippen LogP) is 3.49.